The highest BCUT2D eigenvalue weighted by molar-refractivity contribution is 5.89. The van der Waals surface area contributed by atoms with Gasteiger partial charge < -0.3 is 4.74 Å². The molecule has 0 aliphatic heterocycles. The largest absolute Gasteiger partial charge is 0.461 e. The van der Waals surface area contributed by atoms with Crippen molar-refractivity contribution in [3.05, 3.63) is 17.0 Å². The van der Waals surface area contributed by atoms with Gasteiger partial charge in [0.2, 0.25) is 0 Å². The lowest BCUT2D eigenvalue weighted by molar-refractivity contribution is 0.0511. The topological polar surface area (TPSA) is 44.1 Å². The first-order valence-corrected chi connectivity index (χ1v) is 5.39. The number of rotatable bonds is 4. The summed E-state index contributed by atoms with van der Waals surface area (Å²) >= 11 is 0. The lowest BCUT2D eigenvalue weighted by Gasteiger charge is -2.05. The van der Waals surface area contributed by atoms with E-state index in [4.69, 9.17) is 4.74 Å². The summed E-state index contributed by atoms with van der Waals surface area (Å²) < 4.78 is 6.74. The van der Waals surface area contributed by atoms with E-state index < -0.39 is 0 Å². The van der Waals surface area contributed by atoms with E-state index in [1.807, 2.05) is 27.7 Å². The van der Waals surface area contributed by atoms with Gasteiger partial charge in [-0.25, -0.2) is 4.79 Å². The van der Waals surface area contributed by atoms with E-state index in [2.05, 4.69) is 5.10 Å². The molecule has 1 aromatic heterocycles. The highest BCUT2D eigenvalue weighted by Crippen LogP contribution is 2.15. The van der Waals surface area contributed by atoms with Crippen LogP contribution in [0.1, 0.15) is 42.5 Å². The minimum atomic E-state index is -0.267. The number of nitrogens with zero attached hydrogens (tertiary/aromatic N) is 2. The SMILES string of the molecule is CCOC(=O)c1c(CC)c(C)nn1CC. The molecule has 0 saturated heterocycles. The molecule has 1 rings (SSSR count). The average Bonchev–Trinajstić information content (AvgIpc) is 2.54. The molecule has 0 amide bonds. The second-order valence-corrected chi connectivity index (χ2v) is 3.30. The van der Waals surface area contributed by atoms with Crippen molar-refractivity contribution in [2.75, 3.05) is 6.61 Å². The summed E-state index contributed by atoms with van der Waals surface area (Å²) in [5, 5.41) is 4.32. The first kappa shape index (κ1) is 11.8. The van der Waals surface area contributed by atoms with Crippen molar-refractivity contribution in [2.45, 2.75) is 40.7 Å². The van der Waals surface area contributed by atoms with E-state index in [-0.39, 0.29) is 5.97 Å². The van der Waals surface area contributed by atoms with Crippen molar-refractivity contribution in [3.8, 4) is 0 Å². The fourth-order valence-electron chi connectivity index (χ4n) is 1.70. The van der Waals surface area contributed by atoms with Crippen LogP contribution >= 0.6 is 0 Å². The third-order valence-electron chi connectivity index (χ3n) is 2.37. The molecule has 1 aromatic rings. The molecule has 0 aromatic carbocycles. The Kier molecular flexibility index (Phi) is 3.88. The number of hydrogen-bond acceptors (Lipinski definition) is 3. The first-order valence-electron chi connectivity index (χ1n) is 5.39. The quantitative estimate of drug-likeness (QED) is 0.713. The molecular formula is C11H18N2O2. The van der Waals surface area contributed by atoms with Crippen LogP contribution in [-0.2, 0) is 17.7 Å². The summed E-state index contributed by atoms with van der Waals surface area (Å²) in [4.78, 5) is 11.7. The van der Waals surface area contributed by atoms with E-state index in [0.29, 0.717) is 18.8 Å². The van der Waals surface area contributed by atoms with E-state index >= 15 is 0 Å². The molecule has 0 radical (unpaired) electrons. The molecule has 0 spiro atoms. The van der Waals surface area contributed by atoms with Gasteiger partial charge in [-0.2, -0.15) is 5.10 Å². The summed E-state index contributed by atoms with van der Waals surface area (Å²) in [6.07, 6.45) is 0.806. The Balaban J connectivity index is 3.17. The second kappa shape index (κ2) is 4.96. The van der Waals surface area contributed by atoms with Crippen LogP contribution in [0.4, 0.5) is 0 Å². The monoisotopic (exact) mass is 210 g/mol. The highest BCUT2D eigenvalue weighted by atomic mass is 16.5. The van der Waals surface area contributed by atoms with Gasteiger partial charge in [0.05, 0.1) is 12.3 Å². The molecule has 0 fully saturated rings. The zero-order valence-electron chi connectivity index (χ0n) is 9.83. The lowest BCUT2D eigenvalue weighted by Crippen LogP contribution is -2.14. The predicted octanol–water partition coefficient (Wildman–Crippen LogP) is 1.95. The Bertz CT molecular complexity index is 356. The first-order chi connectivity index (χ1) is 7.15. The van der Waals surface area contributed by atoms with E-state index in [0.717, 1.165) is 17.7 Å². The van der Waals surface area contributed by atoms with Gasteiger partial charge in [0.15, 0.2) is 0 Å². The number of esters is 1. The Morgan fingerprint density at radius 2 is 2.07 bits per heavy atom. The summed E-state index contributed by atoms with van der Waals surface area (Å²) in [5.41, 5.74) is 2.53. The minimum Gasteiger partial charge on any atom is -0.461 e. The smallest absolute Gasteiger partial charge is 0.356 e. The maximum atomic E-state index is 11.7. The fourth-order valence-corrected chi connectivity index (χ4v) is 1.70. The third-order valence-corrected chi connectivity index (χ3v) is 2.37. The molecule has 1 heterocycles. The number of ether oxygens (including phenoxy) is 1. The van der Waals surface area contributed by atoms with Crippen molar-refractivity contribution in [1.82, 2.24) is 9.78 Å². The normalized spacial score (nSPS) is 10.4. The molecule has 4 heteroatoms. The molecule has 0 aliphatic carbocycles. The average molecular weight is 210 g/mol. The van der Waals surface area contributed by atoms with Gasteiger partial charge in [0.25, 0.3) is 0 Å². The van der Waals surface area contributed by atoms with Crippen molar-refractivity contribution in [2.24, 2.45) is 0 Å². The van der Waals surface area contributed by atoms with Gasteiger partial charge in [-0.05, 0) is 27.2 Å². The highest BCUT2D eigenvalue weighted by Gasteiger charge is 2.20. The van der Waals surface area contributed by atoms with Gasteiger partial charge in [-0.15, -0.1) is 0 Å². The second-order valence-electron chi connectivity index (χ2n) is 3.30. The molecule has 15 heavy (non-hydrogen) atoms. The minimum absolute atomic E-state index is 0.267. The number of carbonyl (C=O) groups excluding carboxylic acids is 1. The Morgan fingerprint density at radius 1 is 1.40 bits per heavy atom. The van der Waals surface area contributed by atoms with E-state index in [1.165, 1.54) is 0 Å². The number of aryl methyl sites for hydroxylation is 2. The molecule has 0 aliphatic rings. The van der Waals surface area contributed by atoms with Crippen molar-refractivity contribution in [1.29, 1.82) is 0 Å². The van der Waals surface area contributed by atoms with Crippen molar-refractivity contribution in [3.63, 3.8) is 0 Å². The number of aromatic nitrogens is 2. The Labute approximate surface area is 90.2 Å². The predicted molar refractivity (Wildman–Crippen MR) is 58.0 cm³/mol. The van der Waals surface area contributed by atoms with Gasteiger partial charge in [0, 0.05) is 12.1 Å². The fraction of sp³-hybridized carbons (Fsp3) is 0.636. The molecule has 0 unspecified atom stereocenters. The zero-order valence-corrected chi connectivity index (χ0v) is 9.83. The van der Waals surface area contributed by atoms with Crippen LogP contribution in [0.25, 0.3) is 0 Å². The summed E-state index contributed by atoms with van der Waals surface area (Å²) in [7, 11) is 0. The van der Waals surface area contributed by atoms with Crippen molar-refractivity contribution < 1.29 is 9.53 Å². The van der Waals surface area contributed by atoms with Crippen LogP contribution < -0.4 is 0 Å². The molecule has 84 valence electrons. The Morgan fingerprint density at radius 3 is 2.53 bits per heavy atom. The van der Waals surface area contributed by atoms with Crippen LogP contribution in [0.5, 0.6) is 0 Å². The Hall–Kier alpha value is -1.32. The third kappa shape index (κ3) is 2.19. The van der Waals surface area contributed by atoms with Crippen LogP contribution in [0.2, 0.25) is 0 Å². The standard InChI is InChI=1S/C11H18N2O2/c1-5-9-8(4)12-13(6-2)10(9)11(14)15-7-3/h5-7H2,1-4H3. The summed E-state index contributed by atoms with van der Waals surface area (Å²) in [6.45, 7) is 8.81. The van der Waals surface area contributed by atoms with Crippen LogP contribution in [0.15, 0.2) is 0 Å². The maximum Gasteiger partial charge on any atom is 0.356 e. The summed E-state index contributed by atoms with van der Waals surface area (Å²) in [5.74, 6) is -0.267. The van der Waals surface area contributed by atoms with Gasteiger partial charge >= 0.3 is 5.97 Å². The number of carbonyl (C=O) groups is 1. The van der Waals surface area contributed by atoms with E-state index in [1.54, 1.807) is 4.68 Å². The summed E-state index contributed by atoms with van der Waals surface area (Å²) in [6, 6.07) is 0. The van der Waals surface area contributed by atoms with Crippen LogP contribution in [-0.4, -0.2) is 22.4 Å². The number of hydrogen-bond donors (Lipinski definition) is 0. The molecular weight excluding hydrogens is 192 g/mol. The molecule has 0 N–H and O–H groups in total. The maximum absolute atomic E-state index is 11.7. The molecule has 0 saturated carbocycles. The molecule has 0 atom stereocenters. The van der Waals surface area contributed by atoms with Crippen LogP contribution in [0, 0.1) is 6.92 Å². The van der Waals surface area contributed by atoms with Gasteiger partial charge in [-0.3, -0.25) is 4.68 Å². The van der Waals surface area contributed by atoms with E-state index in [9.17, 15) is 4.79 Å². The molecule has 0 bridgehead atoms. The zero-order chi connectivity index (χ0) is 11.4. The van der Waals surface area contributed by atoms with Crippen LogP contribution in [0.3, 0.4) is 0 Å². The van der Waals surface area contributed by atoms with Gasteiger partial charge in [-0.1, -0.05) is 6.92 Å². The lowest BCUT2D eigenvalue weighted by atomic mass is 10.1. The molecule has 4 nitrogen and oxygen atoms in total. The van der Waals surface area contributed by atoms with Gasteiger partial charge in [0.1, 0.15) is 5.69 Å². The van der Waals surface area contributed by atoms with Crippen molar-refractivity contribution >= 4 is 5.97 Å².